The minimum Gasteiger partial charge on any atom is -0.465 e. The fourth-order valence-electron chi connectivity index (χ4n) is 2.91. The Balaban J connectivity index is 2.05. The first-order valence-electron chi connectivity index (χ1n) is 7.57. The summed E-state index contributed by atoms with van der Waals surface area (Å²) in [7, 11) is 0. The molecule has 0 spiro atoms. The van der Waals surface area contributed by atoms with Crippen LogP contribution in [0, 0.1) is 0 Å². The van der Waals surface area contributed by atoms with Crippen LogP contribution < -0.4 is 5.32 Å². The molecule has 4 nitrogen and oxygen atoms in total. The largest absolute Gasteiger partial charge is 0.465 e. The van der Waals surface area contributed by atoms with Crippen molar-refractivity contribution >= 4 is 17.7 Å². The van der Waals surface area contributed by atoms with Crippen molar-refractivity contribution in [2.24, 2.45) is 0 Å². The summed E-state index contributed by atoms with van der Waals surface area (Å²) < 4.78 is 5.31. The number of ether oxygens (including phenoxy) is 1. The van der Waals surface area contributed by atoms with E-state index in [-0.39, 0.29) is 12.0 Å². The number of esters is 1. The summed E-state index contributed by atoms with van der Waals surface area (Å²) >= 11 is 1.83. The number of carbonyl (C=O) groups excluding carboxylic acids is 1. The Morgan fingerprint density at radius 2 is 2.24 bits per heavy atom. The van der Waals surface area contributed by atoms with E-state index in [1.165, 1.54) is 4.90 Å². The van der Waals surface area contributed by atoms with Gasteiger partial charge in [0.2, 0.25) is 0 Å². The van der Waals surface area contributed by atoms with Gasteiger partial charge in [0.25, 0.3) is 0 Å². The highest BCUT2D eigenvalue weighted by molar-refractivity contribution is 8.00. The lowest BCUT2D eigenvalue weighted by Crippen LogP contribution is -2.54. The van der Waals surface area contributed by atoms with Gasteiger partial charge in [-0.05, 0) is 52.2 Å². The van der Waals surface area contributed by atoms with E-state index in [2.05, 4.69) is 24.1 Å². The van der Waals surface area contributed by atoms with Gasteiger partial charge in [0, 0.05) is 28.6 Å². The number of nitrogens with zero attached hydrogens (tertiary/aromatic N) is 1. The van der Waals surface area contributed by atoms with E-state index in [1.54, 1.807) is 0 Å². The molecule has 1 aromatic rings. The zero-order valence-electron chi connectivity index (χ0n) is 13.0. The highest BCUT2D eigenvalue weighted by atomic mass is 32.2. The lowest BCUT2D eigenvalue weighted by Gasteiger charge is -2.30. The van der Waals surface area contributed by atoms with Crippen molar-refractivity contribution in [1.29, 1.82) is 0 Å². The van der Waals surface area contributed by atoms with Crippen LogP contribution in [-0.4, -0.2) is 34.4 Å². The molecular formula is C16H24N2O2S. The summed E-state index contributed by atoms with van der Waals surface area (Å²) in [4.78, 5) is 17.6. The first-order chi connectivity index (χ1) is 10.1. The maximum Gasteiger partial charge on any atom is 0.326 e. The van der Waals surface area contributed by atoms with Crippen molar-refractivity contribution < 1.29 is 9.53 Å². The molecule has 1 heterocycles. The van der Waals surface area contributed by atoms with Gasteiger partial charge in [-0.25, -0.2) is 0 Å². The summed E-state index contributed by atoms with van der Waals surface area (Å²) in [5, 5.41) is 3.89. The molecule has 0 amide bonds. The molecule has 0 radical (unpaired) electrons. The molecule has 1 aliphatic carbocycles. The number of rotatable bonds is 6. The van der Waals surface area contributed by atoms with E-state index >= 15 is 0 Å². The van der Waals surface area contributed by atoms with Crippen LogP contribution in [0.3, 0.4) is 0 Å². The maximum atomic E-state index is 12.4. The van der Waals surface area contributed by atoms with Crippen molar-refractivity contribution in [3.8, 4) is 0 Å². The second-order valence-electron chi connectivity index (χ2n) is 5.77. The van der Waals surface area contributed by atoms with Crippen LogP contribution in [0.2, 0.25) is 0 Å². The SMILES string of the molecule is CCOC(=O)C1(NC(C)C)CCC(Sc2ccncc2)C1. The second-order valence-corrected chi connectivity index (χ2v) is 7.14. The number of hydrogen-bond acceptors (Lipinski definition) is 5. The van der Waals surface area contributed by atoms with Crippen LogP contribution in [0.25, 0.3) is 0 Å². The van der Waals surface area contributed by atoms with Gasteiger partial charge in [0.1, 0.15) is 5.54 Å². The predicted molar refractivity (Wildman–Crippen MR) is 85.4 cm³/mol. The van der Waals surface area contributed by atoms with Gasteiger partial charge in [0.05, 0.1) is 6.61 Å². The molecule has 2 atom stereocenters. The van der Waals surface area contributed by atoms with Gasteiger partial charge >= 0.3 is 5.97 Å². The minimum atomic E-state index is -0.519. The molecular weight excluding hydrogens is 284 g/mol. The topological polar surface area (TPSA) is 51.2 Å². The van der Waals surface area contributed by atoms with E-state index in [0.717, 1.165) is 19.3 Å². The lowest BCUT2D eigenvalue weighted by molar-refractivity contribution is -0.151. The average Bonchev–Trinajstić information content (AvgIpc) is 2.83. The molecule has 1 aliphatic rings. The van der Waals surface area contributed by atoms with Crippen molar-refractivity contribution in [3.05, 3.63) is 24.5 Å². The zero-order valence-corrected chi connectivity index (χ0v) is 13.8. The van der Waals surface area contributed by atoms with Crippen molar-refractivity contribution in [3.63, 3.8) is 0 Å². The standard InChI is InChI=1S/C16H24N2O2S/c1-4-20-15(19)16(18-12(2)3)8-5-14(11-16)21-13-6-9-17-10-7-13/h6-7,9-10,12,14,18H,4-5,8,11H2,1-3H3. The van der Waals surface area contributed by atoms with Gasteiger partial charge in [-0.15, -0.1) is 11.8 Å². The third-order valence-electron chi connectivity index (χ3n) is 3.65. The first kappa shape index (κ1) is 16.3. The Kier molecular flexibility index (Phi) is 5.65. The summed E-state index contributed by atoms with van der Waals surface area (Å²) in [6, 6.07) is 4.30. The first-order valence-corrected chi connectivity index (χ1v) is 8.45. The van der Waals surface area contributed by atoms with Crippen molar-refractivity contribution in [1.82, 2.24) is 10.3 Å². The number of pyridine rings is 1. The zero-order chi connectivity index (χ0) is 15.3. The second kappa shape index (κ2) is 7.27. The molecule has 0 aliphatic heterocycles. The molecule has 0 saturated heterocycles. The minimum absolute atomic E-state index is 0.100. The fraction of sp³-hybridized carbons (Fsp3) is 0.625. The van der Waals surface area contributed by atoms with Crippen LogP contribution in [0.5, 0.6) is 0 Å². The van der Waals surface area contributed by atoms with Crippen LogP contribution >= 0.6 is 11.8 Å². The van der Waals surface area contributed by atoms with E-state index in [0.29, 0.717) is 11.9 Å². The summed E-state index contributed by atoms with van der Waals surface area (Å²) in [6.07, 6.45) is 6.29. The molecule has 21 heavy (non-hydrogen) atoms. The quantitative estimate of drug-likeness (QED) is 0.819. The Bertz CT molecular complexity index is 467. The molecule has 5 heteroatoms. The Morgan fingerprint density at radius 3 is 2.86 bits per heavy atom. The third-order valence-corrected chi connectivity index (χ3v) is 4.93. The smallest absolute Gasteiger partial charge is 0.326 e. The molecule has 1 N–H and O–H groups in total. The molecule has 2 rings (SSSR count). The molecule has 0 bridgehead atoms. The number of thioether (sulfide) groups is 1. The number of carbonyl (C=O) groups is 1. The van der Waals surface area contributed by atoms with Gasteiger partial charge in [-0.2, -0.15) is 0 Å². The van der Waals surface area contributed by atoms with E-state index in [4.69, 9.17) is 4.74 Å². The van der Waals surface area contributed by atoms with Gasteiger partial charge in [-0.3, -0.25) is 15.1 Å². The van der Waals surface area contributed by atoms with Crippen molar-refractivity contribution in [2.75, 3.05) is 6.61 Å². The van der Waals surface area contributed by atoms with E-state index in [1.807, 2.05) is 43.2 Å². The summed E-state index contributed by atoms with van der Waals surface area (Å²) in [6.45, 7) is 6.44. The Hall–Kier alpha value is -1.07. The van der Waals surface area contributed by atoms with Gasteiger partial charge in [0.15, 0.2) is 0 Å². The van der Waals surface area contributed by atoms with Crippen LogP contribution in [-0.2, 0) is 9.53 Å². The normalized spacial score (nSPS) is 25.2. The van der Waals surface area contributed by atoms with Crippen molar-refractivity contribution in [2.45, 2.75) is 61.8 Å². The highest BCUT2D eigenvalue weighted by Gasteiger charge is 2.46. The summed E-state index contributed by atoms with van der Waals surface area (Å²) in [5.74, 6) is -0.100. The number of aromatic nitrogens is 1. The molecule has 116 valence electrons. The molecule has 0 aromatic carbocycles. The van der Waals surface area contributed by atoms with Gasteiger partial charge in [-0.1, -0.05) is 0 Å². The molecule has 1 aromatic heterocycles. The predicted octanol–water partition coefficient (Wildman–Crippen LogP) is 3.03. The molecule has 1 fully saturated rings. The third kappa shape index (κ3) is 4.20. The summed E-state index contributed by atoms with van der Waals surface area (Å²) in [5.41, 5.74) is -0.519. The van der Waals surface area contributed by atoms with E-state index in [9.17, 15) is 4.79 Å². The van der Waals surface area contributed by atoms with Gasteiger partial charge < -0.3 is 4.74 Å². The van der Waals surface area contributed by atoms with Crippen LogP contribution in [0.15, 0.2) is 29.4 Å². The van der Waals surface area contributed by atoms with Crippen LogP contribution in [0.1, 0.15) is 40.0 Å². The maximum absolute atomic E-state index is 12.4. The monoisotopic (exact) mass is 308 g/mol. The average molecular weight is 308 g/mol. The molecule has 2 unspecified atom stereocenters. The molecule has 1 saturated carbocycles. The lowest BCUT2D eigenvalue weighted by atomic mass is 9.96. The highest BCUT2D eigenvalue weighted by Crippen LogP contribution is 2.41. The number of hydrogen-bond donors (Lipinski definition) is 1. The Labute approximate surface area is 131 Å². The van der Waals surface area contributed by atoms with Crippen LogP contribution in [0.4, 0.5) is 0 Å². The fourth-order valence-corrected chi connectivity index (χ4v) is 4.17. The Morgan fingerprint density at radius 1 is 1.52 bits per heavy atom. The number of nitrogens with one attached hydrogen (secondary N) is 1. The van der Waals surface area contributed by atoms with E-state index < -0.39 is 5.54 Å².